The molecule has 0 unspecified atom stereocenters. The van der Waals surface area contributed by atoms with Crippen molar-refractivity contribution in [3.8, 4) is 0 Å². The summed E-state index contributed by atoms with van der Waals surface area (Å²) in [6.07, 6.45) is 5.07. The molecule has 0 aliphatic rings. The Labute approximate surface area is 127 Å². The summed E-state index contributed by atoms with van der Waals surface area (Å²) in [7, 11) is 0. The number of carbonyl (C=O) groups excluding carboxylic acids is 1. The zero-order valence-corrected chi connectivity index (χ0v) is 12.2. The normalized spacial score (nSPS) is 11.3. The average molecular weight is 342 g/mol. The molecule has 0 atom stereocenters. The van der Waals surface area contributed by atoms with Crippen LogP contribution in [0, 0.1) is 0 Å². The van der Waals surface area contributed by atoms with Gasteiger partial charge in [0, 0.05) is 28.4 Å². The van der Waals surface area contributed by atoms with Gasteiger partial charge in [0.1, 0.15) is 11.3 Å². The minimum atomic E-state index is -0.257. The molecule has 3 heterocycles. The maximum atomic E-state index is 12.5. The zero-order chi connectivity index (χ0) is 14.4. The van der Waals surface area contributed by atoms with Gasteiger partial charge in [-0.05, 0) is 30.3 Å². The van der Waals surface area contributed by atoms with E-state index in [1.165, 1.54) is 0 Å². The molecule has 0 spiro atoms. The third-order valence-corrected chi connectivity index (χ3v) is 3.66. The van der Waals surface area contributed by atoms with E-state index < -0.39 is 0 Å². The molecule has 0 N–H and O–H groups in total. The number of hydrogen-bond acceptors (Lipinski definition) is 4. The zero-order valence-electron chi connectivity index (χ0n) is 10.7. The first-order valence-corrected chi connectivity index (χ1v) is 7.03. The van der Waals surface area contributed by atoms with Gasteiger partial charge in [-0.2, -0.15) is 0 Å². The van der Waals surface area contributed by atoms with Gasteiger partial charge in [-0.25, -0.2) is 9.97 Å². The highest BCUT2D eigenvalue weighted by Crippen LogP contribution is 2.24. The number of fused-ring (bicyclic) bond motifs is 2. The summed E-state index contributed by atoms with van der Waals surface area (Å²) in [5.41, 5.74) is 0.982. The predicted octanol–water partition coefficient (Wildman–Crippen LogP) is 3.47. The second-order valence-corrected chi connectivity index (χ2v) is 5.49. The van der Waals surface area contributed by atoms with Gasteiger partial charge in [-0.15, -0.1) is 0 Å². The van der Waals surface area contributed by atoms with Crippen molar-refractivity contribution in [1.29, 1.82) is 0 Å². The standard InChI is InChI=1S/C15H8BrN3O2/c16-10-2-3-12-9(6-10)7-13(21-12)14(20)11-8-19-5-1-4-17-15(19)18-11/h1-8H. The van der Waals surface area contributed by atoms with Crippen molar-refractivity contribution in [2.75, 3.05) is 0 Å². The van der Waals surface area contributed by atoms with Crippen LogP contribution in [0.15, 0.2) is 57.8 Å². The van der Waals surface area contributed by atoms with Crippen LogP contribution < -0.4 is 0 Å². The fraction of sp³-hybridized carbons (Fsp3) is 0. The lowest BCUT2D eigenvalue weighted by Crippen LogP contribution is -1.99. The molecule has 0 saturated heterocycles. The Hall–Kier alpha value is -2.47. The molecule has 102 valence electrons. The van der Waals surface area contributed by atoms with E-state index in [1.54, 1.807) is 35.1 Å². The van der Waals surface area contributed by atoms with Gasteiger partial charge in [0.25, 0.3) is 0 Å². The fourth-order valence-electron chi connectivity index (χ4n) is 2.19. The Kier molecular flexibility index (Phi) is 2.65. The Morgan fingerprint density at radius 2 is 2.19 bits per heavy atom. The molecule has 3 aromatic heterocycles. The molecule has 0 aliphatic heterocycles. The molecule has 0 aliphatic carbocycles. The second-order valence-electron chi connectivity index (χ2n) is 4.58. The Morgan fingerprint density at radius 3 is 3.05 bits per heavy atom. The van der Waals surface area contributed by atoms with Crippen molar-refractivity contribution < 1.29 is 9.21 Å². The quantitative estimate of drug-likeness (QED) is 0.524. The predicted molar refractivity (Wildman–Crippen MR) is 80.3 cm³/mol. The Balaban J connectivity index is 1.81. The molecule has 0 fully saturated rings. The monoisotopic (exact) mass is 341 g/mol. The smallest absolute Gasteiger partial charge is 0.248 e. The number of rotatable bonds is 2. The van der Waals surface area contributed by atoms with E-state index in [0.717, 1.165) is 9.86 Å². The van der Waals surface area contributed by atoms with Crippen LogP contribution >= 0.6 is 15.9 Å². The highest BCUT2D eigenvalue weighted by Gasteiger charge is 2.18. The molecule has 5 nitrogen and oxygen atoms in total. The highest BCUT2D eigenvalue weighted by molar-refractivity contribution is 9.10. The molecule has 0 bridgehead atoms. The summed E-state index contributed by atoms with van der Waals surface area (Å²) in [5, 5.41) is 0.870. The number of imidazole rings is 1. The molecule has 0 radical (unpaired) electrons. The number of furan rings is 1. The van der Waals surface area contributed by atoms with Gasteiger partial charge in [0.2, 0.25) is 11.6 Å². The summed E-state index contributed by atoms with van der Waals surface area (Å²) < 4.78 is 8.23. The molecular formula is C15H8BrN3O2. The van der Waals surface area contributed by atoms with Gasteiger partial charge >= 0.3 is 0 Å². The van der Waals surface area contributed by atoms with Crippen LogP contribution in [0.5, 0.6) is 0 Å². The second kappa shape index (κ2) is 4.53. The number of ketones is 1. The summed E-state index contributed by atoms with van der Waals surface area (Å²) in [4.78, 5) is 20.8. The molecule has 4 aromatic rings. The maximum Gasteiger partial charge on any atom is 0.248 e. The minimum Gasteiger partial charge on any atom is -0.453 e. The van der Waals surface area contributed by atoms with E-state index in [9.17, 15) is 4.79 Å². The van der Waals surface area contributed by atoms with Crippen LogP contribution in [0.1, 0.15) is 16.2 Å². The van der Waals surface area contributed by atoms with E-state index in [0.29, 0.717) is 17.1 Å². The summed E-state index contributed by atoms with van der Waals surface area (Å²) in [5.74, 6) is 0.499. The largest absolute Gasteiger partial charge is 0.453 e. The molecule has 1 aromatic carbocycles. The van der Waals surface area contributed by atoms with E-state index in [1.807, 2.05) is 18.2 Å². The van der Waals surface area contributed by atoms with Gasteiger partial charge in [0.15, 0.2) is 5.76 Å². The number of nitrogens with zero attached hydrogens (tertiary/aromatic N) is 3. The van der Waals surface area contributed by atoms with Crippen LogP contribution in [-0.2, 0) is 0 Å². The number of aromatic nitrogens is 3. The molecule has 6 heteroatoms. The number of hydrogen-bond donors (Lipinski definition) is 0. The van der Waals surface area contributed by atoms with Crippen LogP contribution in [0.3, 0.4) is 0 Å². The first-order valence-electron chi connectivity index (χ1n) is 6.24. The Bertz CT molecular complexity index is 954. The summed E-state index contributed by atoms with van der Waals surface area (Å²) >= 11 is 3.40. The highest BCUT2D eigenvalue weighted by atomic mass is 79.9. The first-order chi connectivity index (χ1) is 10.2. The SMILES string of the molecule is O=C(c1cn2cccnc2n1)c1cc2cc(Br)ccc2o1. The summed E-state index contributed by atoms with van der Waals surface area (Å²) in [6.45, 7) is 0. The lowest BCUT2D eigenvalue weighted by molar-refractivity contribution is 0.101. The number of benzene rings is 1. The third kappa shape index (κ3) is 2.04. The van der Waals surface area contributed by atoms with Crippen LogP contribution in [0.25, 0.3) is 16.7 Å². The van der Waals surface area contributed by atoms with E-state index >= 15 is 0 Å². The van der Waals surface area contributed by atoms with Gasteiger partial charge < -0.3 is 4.42 Å². The minimum absolute atomic E-state index is 0.257. The van der Waals surface area contributed by atoms with Gasteiger partial charge in [0.05, 0.1) is 0 Å². The van der Waals surface area contributed by atoms with Crippen molar-refractivity contribution in [2.24, 2.45) is 0 Å². The van der Waals surface area contributed by atoms with Gasteiger partial charge in [-0.1, -0.05) is 15.9 Å². The fourth-order valence-corrected chi connectivity index (χ4v) is 2.57. The van der Waals surface area contributed by atoms with E-state index in [-0.39, 0.29) is 11.5 Å². The Morgan fingerprint density at radius 1 is 1.29 bits per heavy atom. The number of halogens is 1. The van der Waals surface area contributed by atoms with Crippen molar-refractivity contribution >= 4 is 38.5 Å². The molecule has 21 heavy (non-hydrogen) atoms. The van der Waals surface area contributed by atoms with Crippen LogP contribution in [-0.4, -0.2) is 20.2 Å². The lowest BCUT2D eigenvalue weighted by atomic mass is 10.2. The van der Waals surface area contributed by atoms with Crippen LogP contribution in [0.2, 0.25) is 0 Å². The van der Waals surface area contributed by atoms with E-state index in [2.05, 4.69) is 25.9 Å². The average Bonchev–Trinajstić information content (AvgIpc) is 3.09. The van der Waals surface area contributed by atoms with Crippen molar-refractivity contribution in [2.45, 2.75) is 0 Å². The van der Waals surface area contributed by atoms with Crippen molar-refractivity contribution in [3.63, 3.8) is 0 Å². The van der Waals surface area contributed by atoms with Crippen molar-refractivity contribution in [3.05, 3.63) is 64.8 Å². The lowest BCUT2D eigenvalue weighted by Gasteiger charge is -1.90. The van der Waals surface area contributed by atoms with E-state index in [4.69, 9.17) is 4.42 Å². The third-order valence-electron chi connectivity index (χ3n) is 3.17. The molecule has 0 amide bonds. The van der Waals surface area contributed by atoms with Crippen LogP contribution in [0.4, 0.5) is 0 Å². The van der Waals surface area contributed by atoms with Gasteiger partial charge in [-0.3, -0.25) is 9.20 Å². The summed E-state index contributed by atoms with van der Waals surface area (Å²) in [6, 6.07) is 9.10. The number of carbonyl (C=O) groups is 1. The molecule has 4 rings (SSSR count). The molecular weight excluding hydrogens is 334 g/mol. The first kappa shape index (κ1) is 12.3. The van der Waals surface area contributed by atoms with Crippen molar-refractivity contribution in [1.82, 2.24) is 14.4 Å². The topological polar surface area (TPSA) is 60.4 Å². The maximum absolute atomic E-state index is 12.5. The molecule has 0 saturated carbocycles.